The number of benzene rings is 1. The largest absolute Gasteiger partial charge is 0.417 e. The summed E-state index contributed by atoms with van der Waals surface area (Å²) < 4.78 is 63.4. The molecule has 0 atom stereocenters. The van der Waals surface area contributed by atoms with E-state index in [4.69, 9.17) is 11.6 Å². The molecule has 0 saturated carbocycles. The van der Waals surface area contributed by atoms with Gasteiger partial charge >= 0.3 is 6.18 Å². The van der Waals surface area contributed by atoms with Gasteiger partial charge in [0.05, 0.1) is 15.5 Å². The van der Waals surface area contributed by atoms with Gasteiger partial charge in [-0.25, -0.2) is 13.4 Å². The molecule has 1 N–H and O–H groups in total. The van der Waals surface area contributed by atoms with Crippen LogP contribution in [0.1, 0.15) is 5.56 Å². The summed E-state index contributed by atoms with van der Waals surface area (Å²) in [5, 5.41) is -0.440. The van der Waals surface area contributed by atoms with Gasteiger partial charge in [-0.3, -0.25) is 4.72 Å². The van der Waals surface area contributed by atoms with Crippen molar-refractivity contribution in [3.05, 3.63) is 53.2 Å². The van der Waals surface area contributed by atoms with Gasteiger partial charge in [-0.05, 0) is 18.2 Å². The molecule has 0 spiro atoms. The Morgan fingerprint density at radius 1 is 1.14 bits per heavy atom. The van der Waals surface area contributed by atoms with E-state index in [-0.39, 0.29) is 10.7 Å². The molecule has 2 rings (SSSR count). The molecular formula is C12H8ClF3N2O2S. The lowest BCUT2D eigenvalue weighted by molar-refractivity contribution is -0.137. The Morgan fingerprint density at radius 3 is 2.29 bits per heavy atom. The van der Waals surface area contributed by atoms with Crippen LogP contribution in [-0.4, -0.2) is 13.4 Å². The van der Waals surface area contributed by atoms with E-state index in [2.05, 4.69) is 4.98 Å². The van der Waals surface area contributed by atoms with E-state index < -0.39 is 26.8 Å². The topological polar surface area (TPSA) is 59.1 Å². The van der Waals surface area contributed by atoms with Crippen LogP contribution in [0.5, 0.6) is 0 Å². The molecule has 0 fully saturated rings. The van der Waals surface area contributed by atoms with Crippen molar-refractivity contribution in [3.8, 4) is 0 Å². The van der Waals surface area contributed by atoms with Crippen molar-refractivity contribution in [2.24, 2.45) is 0 Å². The molecular weight excluding hydrogens is 329 g/mol. The Balaban J connectivity index is 2.33. The first-order chi connectivity index (χ1) is 9.70. The third-order valence-corrected chi connectivity index (χ3v) is 4.10. The summed E-state index contributed by atoms with van der Waals surface area (Å²) in [5.74, 6) is -0.367. The molecule has 1 aromatic carbocycles. The fourth-order valence-corrected chi connectivity index (χ4v) is 2.77. The number of anilines is 1. The van der Waals surface area contributed by atoms with E-state index in [1.807, 2.05) is 4.72 Å². The summed E-state index contributed by atoms with van der Waals surface area (Å²) >= 11 is 5.64. The number of nitrogens with one attached hydrogen (secondary N) is 1. The number of sulfonamides is 1. The fourth-order valence-electron chi connectivity index (χ4n) is 1.45. The lowest BCUT2D eigenvalue weighted by Gasteiger charge is -2.11. The number of rotatable bonds is 3. The van der Waals surface area contributed by atoms with Crippen LogP contribution in [-0.2, 0) is 16.2 Å². The molecule has 21 heavy (non-hydrogen) atoms. The zero-order valence-electron chi connectivity index (χ0n) is 10.2. The Hall–Kier alpha value is -1.80. The second-order valence-electron chi connectivity index (χ2n) is 3.97. The number of alkyl halides is 3. The van der Waals surface area contributed by atoms with Crippen molar-refractivity contribution in [2.75, 3.05) is 4.72 Å². The van der Waals surface area contributed by atoms with Crippen molar-refractivity contribution in [1.29, 1.82) is 0 Å². The molecule has 0 saturated heterocycles. The van der Waals surface area contributed by atoms with E-state index in [1.165, 1.54) is 24.3 Å². The quantitative estimate of drug-likeness (QED) is 0.932. The molecule has 2 aromatic rings. The highest BCUT2D eigenvalue weighted by atomic mass is 35.5. The van der Waals surface area contributed by atoms with Crippen LogP contribution >= 0.6 is 11.6 Å². The lowest BCUT2D eigenvalue weighted by atomic mass is 10.3. The van der Waals surface area contributed by atoms with Gasteiger partial charge < -0.3 is 0 Å². The van der Waals surface area contributed by atoms with Gasteiger partial charge in [-0.15, -0.1) is 0 Å². The van der Waals surface area contributed by atoms with Crippen molar-refractivity contribution in [3.63, 3.8) is 0 Å². The smallest absolute Gasteiger partial charge is 0.262 e. The minimum absolute atomic E-state index is 0.0530. The van der Waals surface area contributed by atoms with Crippen LogP contribution in [0.2, 0.25) is 5.02 Å². The van der Waals surface area contributed by atoms with Gasteiger partial charge in [0, 0.05) is 6.20 Å². The van der Waals surface area contributed by atoms with Crippen LogP contribution in [0.15, 0.2) is 47.5 Å². The number of aromatic nitrogens is 1. The molecule has 4 nitrogen and oxygen atoms in total. The highest BCUT2D eigenvalue weighted by molar-refractivity contribution is 7.92. The predicted octanol–water partition coefficient (Wildman–Crippen LogP) is 3.55. The van der Waals surface area contributed by atoms with Crippen molar-refractivity contribution in [1.82, 2.24) is 4.98 Å². The van der Waals surface area contributed by atoms with E-state index in [0.717, 1.165) is 0 Å². The molecule has 0 unspecified atom stereocenters. The second-order valence-corrected chi connectivity index (χ2v) is 6.06. The van der Waals surface area contributed by atoms with Crippen molar-refractivity contribution in [2.45, 2.75) is 11.1 Å². The van der Waals surface area contributed by atoms with E-state index in [0.29, 0.717) is 12.3 Å². The standard InChI is InChI=1S/C12H8ClF3N2O2S/c13-10-6-8(12(14,15)16)7-17-11(10)18-21(19,20)9-4-2-1-3-5-9/h1-7H,(H,17,18). The summed E-state index contributed by atoms with van der Waals surface area (Å²) in [6, 6.07) is 7.92. The van der Waals surface area contributed by atoms with Crippen LogP contribution < -0.4 is 4.72 Å². The predicted molar refractivity (Wildman–Crippen MR) is 71.5 cm³/mol. The maximum Gasteiger partial charge on any atom is 0.417 e. The van der Waals surface area contributed by atoms with Crippen LogP contribution in [0.25, 0.3) is 0 Å². The van der Waals surface area contributed by atoms with Crippen molar-refractivity contribution >= 4 is 27.4 Å². The first kappa shape index (κ1) is 15.6. The summed E-state index contributed by atoms with van der Waals surface area (Å²) in [7, 11) is -3.96. The van der Waals surface area contributed by atoms with Gasteiger partial charge in [0.2, 0.25) is 0 Å². The number of pyridine rings is 1. The van der Waals surface area contributed by atoms with E-state index >= 15 is 0 Å². The maximum atomic E-state index is 12.5. The van der Waals surface area contributed by atoms with Gasteiger partial charge in [0.15, 0.2) is 5.82 Å². The zero-order chi connectivity index (χ0) is 15.7. The second kappa shape index (κ2) is 5.53. The first-order valence-corrected chi connectivity index (χ1v) is 7.37. The summed E-state index contributed by atoms with van der Waals surface area (Å²) in [4.78, 5) is 3.36. The molecule has 0 bridgehead atoms. The average molecular weight is 337 g/mol. The Labute approximate surface area is 123 Å². The normalized spacial score (nSPS) is 12.2. The molecule has 1 heterocycles. The van der Waals surface area contributed by atoms with Crippen LogP contribution in [0.3, 0.4) is 0 Å². The molecule has 0 aliphatic rings. The minimum atomic E-state index is -4.60. The Bertz CT molecular complexity index is 749. The molecule has 0 aliphatic carbocycles. The molecule has 0 aliphatic heterocycles. The third-order valence-electron chi connectivity index (χ3n) is 2.45. The van der Waals surface area contributed by atoms with Crippen LogP contribution in [0.4, 0.5) is 19.0 Å². The van der Waals surface area contributed by atoms with E-state index in [9.17, 15) is 21.6 Å². The van der Waals surface area contributed by atoms with E-state index in [1.54, 1.807) is 6.07 Å². The third kappa shape index (κ3) is 3.64. The highest BCUT2D eigenvalue weighted by Gasteiger charge is 2.32. The number of nitrogens with zero attached hydrogens (tertiary/aromatic N) is 1. The fraction of sp³-hybridized carbons (Fsp3) is 0.0833. The monoisotopic (exact) mass is 336 g/mol. The molecule has 0 amide bonds. The summed E-state index contributed by atoms with van der Waals surface area (Å²) in [6.45, 7) is 0. The lowest BCUT2D eigenvalue weighted by Crippen LogP contribution is -2.15. The van der Waals surface area contributed by atoms with Gasteiger partial charge in [-0.1, -0.05) is 29.8 Å². The number of halogens is 4. The number of hydrogen-bond acceptors (Lipinski definition) is 3. The van der Waals surface area contributed by atoms with Gasteiger partial charge in [-0.2, -0.15) is 13.2 Å². The molecule has 112 valence electrons. The first-order valence-electron chi connectivity index (χ1n) is 5.51. The van der Waals surface area contributed by atoms with Crippen molar-refractivity contribution < 1.29 is 21.6 Å². The van der Waals surface area contributed by atoms with Gasteiger partial charge in [0.1, 0.15) is 0 Å². The van der Waals surface area contributed by atoms with Gasteiger partial charge in [0.25, 0.3) is 10.0 Å². The highest BCUT2D eigenvalue weighted by Crippen LogP contribution is 2.32. The molecule has 9 heteroatoms. The van der Waals surface area contributed by atoms with Crippen LogP contribution in [0, 0.1) is 0 Å². The Kier molecular flexibility index (Phi) is 4.11. The SMILES string of the molecule is O=S(=O)(Nc1ncc(C(F)(F)F)cc1Cl)c1ccccc1. The summed E-state index contributed by atoms with van der Waals surface area (Å²) in [5.41, 5.74) is -1.06. The maximum absolute atomic E-state index is 12.5. The zero-order valence-corrected chi connectivity index (χ0v) is 11.8. The molecule has 1 aromatic heterocycles. The Morgan fingerprint density at radius 2 is 1.76 bits per heavy atom. The summed E-state index contributed by atoms with van der Waals surface area (Å²) in [6.07, 6.45) is -4.10. The average Bonchev–Trinajstić information content (AvgIpc) is 2.41. The minimum Gasteiger partial charge on any atom is -0.262 e. The number of hydrogen-bond donors (Lipinski definition) is 1. The molecule has 0 radical (unpaired) electrons.